The van der Waals surface area contributed by atoms with Crippen LogP contribution in [-0.4, -0.2) is 302 Å². The molecule has 8 amide bonds. The molecular weight excluding hydrogens is 1360 g/mol. The van der Waals surface area contributed by atoms with Gasteiger partial charge in [0.1, 0.15) is 54.1 Å². The lowest BCUT2D eigenvalue weighted by Crippen LogP contribution is -2.62. The maximum Gasteiger partial charge on any atom is 0.326 e. The molecule has 0 aliphatic carbocycles. The Kier molecular flexibility index (Phi) is 33.7. The van der Waals surface area contributed by atoms with Crippen molar-refractivity contribution >= 4 is 89.0 Å². The number of hydrogen-bond acceptors (Lipinski definition) is 20. The van der Waals surface area contributed by atoms with Crippen molar-refractivity contribution in [1.29, 1.82) is 5.41 Å². The van der Waals surface area contributed by atoms with Crippen LogP contribution in [0.4, 0.5) is 0 Å². The molecule has 1 aromatic carbocycles. The first kappa shape index (κ1) is 85.2. The number of benzene rings is 1. The lowest BCUT2D eigenvalue weighted by molar-refractivity contribution is -0.144. The lowest BCUT2D eigenvalue weighted by atomic mass is 9.85. The summed E-state index contributed by atoms with van der Waals surface area (Å²) in [7, 11) is 0. The zero-order chi connectivity index (χ0) is 77.1. The Morgan fingerprint density at radius 3 is 1.60 bits per heavy atom. The van der Waals surface area contributed by atoms with Gasteiger partial charge in [0.2, 0.25) is 47.3 Å². The number of nitrogens with zero attached hydrogens (tertiary/aromatic N) is 7. The number of carbonyl (C=O) groups is 13. The van der Waals surface area contributed by atoms with Crippen molar-refractivity contribution in [3.63, 3.8) is 0 Å². The summed E-state index contributed by atoms with van der Waals surface area (Å²) in [4.78, 5) is 189. The molecule has 0 spiro atoms. The number of phenols is 1. The van der Waals surface area contributed by atoms with Gasteiger partial charge in [-0.25, -0.2) is 4.79 Å². The van der Waals surface area contributed by atoms with Crippen molar-refractivity contribution in [3.8, 4) is 5.75 Å². The molecule has 104 heavy (non-hydrogen) atoms. The first-order valence-corrected chi connectivity index (χ1v) is 35.3. The van der Waals surface area contributed by atoms with Gasteiger partial charge in [0, 0.05) is 65.3 Å². The Labute approximate surface area is 604 Å². The molecule has 4 heterocycles. The van der Waals surface area contributed by atoms with Gasteiger partial charge in [-0.1, -0.05) is 46.8 Å². The van der Waals surface area contributed by atoms with E-state index in [4.69, 9.17) is 22.6 Å². The van der Waals surface area contributed by atoms with E-state index in [0.717, 1.165) is 4.90 Å². The third-order valence-electron chi connectivity index (χ3n) is 18.8. The number of carbonyl (C=O) groups excluding carboxylic acids is 8. The van der Waals surface area contributed by atoms with Gasteiger partial charge >= 0.3 is 29.8 Å². The zero-order valence-electron chi connectivity index (χ0n) is 60.0. The van der Waals surface area contributed by atoms with Crippen LogP contribution >= 0.6 is 0 Å². The van der Waals surface area contributed by atoms with Crippen LogP contribution in [0.3, 0.4) is 0 Å². The number of phenolic OH excluding ortho intramolecular Hbond substituents is 1. The van der Waals surface area contributed by atoms with Crippen molar-refractivity contribution in [2.45, 2.75) is 166 Å². The Balaban J connectivity index is 1.41. The normalized spacial score (nSPS) is 18.3. The monoisotopic (exact) mass is 1470 g/mol. The van der Waals surface area contributed by atoms with Gasteiger partial charge in [-0.3, -0.25) is 82.6 Å². The van der Waals surface area contributed by atoms with Crippen LogP contribution < -0.4 is 54.4 Å². The van der Waals surface area contributed by atoms with E-state index in [0.29, 0.717) is 44.3 Å². The quantitative estimate of drug-likeness (QED) is 0.0170. The first-order valence-electron chi connectivity index (χ1n) is 35.3. The van der Waals surface area contributed by atoms with E-state index >= 15 is 19.2 Å². The average molecular weight is 1470 g/mol. The molecule has 0 saturated carbocycles. The second-order valence-electron chi connectivity index (χ2n) is 28.7. The van der Waals surface area contributed by atoms with E-state index in [1.165, 1.54) is 43.9 Å². The zero-order valence-corrected chi connectivity index (χ0v) is 60.0. The minimum Gasteiger partial charge on any atom is -0.508 e. The number of aliphatic imine (C=N–C) groups is 1. The topological polar surface area (TPSA) is 561 Å². The number of amides is 8. The largest absolute Gasteiger partial charge is 0.508 e. The molecule has 5 rings (SSSR count). The van der Waals surface area contributed by atoms with Crippen LogP contribution in [0.1, 0.15) is 117 Å². The van der Waals surface area contributed by atoms with Crippen LogP contribution in [0.5, 0.6) is 5.75 Å². The van der Waals surface area contributed by atoms with Gasteiger partial charge in [-0.05, 0) is 131 Å². The molecule has 0 aromatic heterocycles. The van der Waals surface area contributed by atoms with Crippen molar-refractivity contribution in [3.05, 3.63) is 29.8 Å². The van der Waals surface area contributed by atoms with E-state index in [1.54, 1.807) is 39.5 Å². The number of aliphatic carboxylic acids is 5. The van der Waals surface area contributed by atoms with Crippen molar-refractivity contribution < 1.29 is 93.0 Å². The minimum atomic E-state index is -1.42. The molecule has 4 saturated heterocycles. The highest BCUT2D eigenvalue weighted by Crippen LogP contribution is 2.28. The fourth-order valence-electron chi connectivity index (χ4n) is 13.5. The van der Waals surface area contributed by atoms with Crippen molar-refractivity contribution in [2.75, 3.05) is 105 Å². The third kappa shape index (κ3) is 28.3. The molecule has 37 heteroatoms. The van der Waals surface area contributed by atoms with E-state index in [2.05, 4.69) is 42.2 Å². The minimum absolute atomic E-state index is 0.00113. The summed E-state index contributed by atoms with van der Waals surface area (Å²) in [6.07, 6.45) is 2.54. The van der Waals surface area contributed by atoms with Crippen LogP contribution in [0, 0.1) is 28.6 Å². The van der Waals surface area contributed by atoms with Gasteiger partial charge < -0.3 is 99.8 Å². The van der Waals surface area contributed by atoms with Gasteiger partial charge in [0.15, 0.2) is 11.9 Å². The summed E-state index contributed by atoms with van der Waals surface area (Å²) in [6, 6.07) is -4.69. The number of likely N-dealkylation sites (tertiary alicyclic amines) is 3. The number of nitrogens with two attached hydrogens (primary N) is 3. The van der Waals surface area contributed by atoms with E-state index < -0.39 is 169 Å². The summed E-state index contributed by atoms with van der Waals surface area (Å²) in [6.45, 7) is 6.31. The Morgan fingerprint density at radius 2 is 1.10 bits per heavy atom. The van der Waals surface area contributed by atoms with Crippen LogP contribution in [-0.2, 0) is 68.7 Å². The molecule has 0 radical (unpaired) electrons. The lowest BCUT2D eigenvalue weighted by Gasteiger charge is -2.37. The smallest absolute Gasteiger partial charge is 0.326 e. The number of aromatic hydroxyl groups is 1. The number of nitrogens with one attached hydrogen (secondary N) is 8. The summed E-state index contributed by atoms with van der Waals surface area (Å²) in [5, 5.41) is 86.4. The van der Waals surface area contributed by atoms with Crippen LogP contribution in [0.25, 0.3) is 0 Å². The predicted octanol–water partition coefficient (Wildman–Crippen LogP) is -3.70. The molecule has 20 N–H and O–H groups in total. The number of hydrogen-bond donors (Lipinski definition) is 17. The highest BCUT2D eigenvalue weighted by molar-refractivity contribution is 5.99. The second-order valence-corrected chi connectivity index (χ2v) is 28.7. The molecule has 8 atom stereocenters. The highest BCUT2D eigenvalue weighted by Gasteiger charge is 2.45. The van der Waals surface area contributed by atoms with Crippen molar-refractivity contribution in [2.24, 2.45) is 45.4 Å². The molecule has 580 valence electrons. The molecule has 37 nitrogen and oxygen atoms in total. The first-order chi connectivity index (χ1) is 49.0. The third-order valence-corrected chi connectivity index (χ3v) is 18.8. The summed E-state index contributed by atoms with van der Waals surface area (Å²) in [5.74, 6) is -14.1. The SMILES string of the molecule is CC(C)C[C@H](NC(=O)[C@@H](NC(=O)[C@H](Cc1ccc(O)cc1)NC(=O)[C@@H]1CCCN1C(=O)[C@H](CCCN=C(N)N)NC(=O)[C@@H](NC(=O)[C@@H]1CCCN1C(=O)[C@H](CC1CCNCC1)NC(=O)CN(CCN(CCN(CC(=O)O)CC(=O)O)CC(=O)O)CC(=O)O)C1CCN(C(=N)N)CC1)C(C)(C)C)C(=O)O. The maximum atomic E-state index is 15.3. The Morgan fingerprint density at radius 1 is 0.596 bits per heavy atom. The van der Waals surface area contributed by atoms with Gasteiger partial charge in [0.25, 0.3) is 0 Å². The molecule has 4 fully saturated rings. The Bertz CT molecular complexity index is 3170. The maximum absolute atomic E-state index is 15.3. The highest BCUT2D eigenvalue weighted by atomic mass is 16.4. The van der Waals surface area contributed by atoms with E-state index in [9.17, 15) is 73.8 Å². The van der Waals surface area contributed by atoms with Gasteiger partial charge in [-0.2, -0.15) is 0 Å². The summed E-state index contributed by atoms with van der Waals surface area (Å²) < 4.78 is 0. The predicted molar refractivity (Wildman–Crippen MR) is 376 cm³/mol. The Hall–Kier alpha value is -9.49. The standard InChI is InChI=1S/C67H108N18O19/c1-39(2)31-47(64(103)104)77-61(100)56(67(3,4)5)79-57(96)45(32-40-12-14-43(86)15-13-40)76-58(97)48-10-7-23-84(48)62(101)44(9-6-20-73-65(68)69)75-60(99)55(42-18-25-83(26-19-42)66(70)71)78-59(98)49-11-8-24-85(49)63(102)46(33-41-16-21-72-22-17-41)74-50(87)34-81(36-52(90)91)29-27-80(35-51(88)89)28-30-82(37-53(92)93)38-54(94)95/h12-15,39,41-42,44-49,55-56,72,86H,6-11,16-38H2,1-5H3,(H3,70,71)(H,74,87)(H,75,99)(H,76,97)(H,77,100)(H,78,98)(H,79,96)(H,88,89)(H,90,91)(H,92,93)(H,94,95)(H,103,104)(H4,68,69,73)/t44-,45-,46-,47-,48-,49-,55-,56+/m0/s1. The molecular formula is C67H108N18O19. The summed E-state index contributed by atoms with van der Waals surface area (Å²) >= 11 is 0. The number of piperidine rings is 2. The molecule has 4 aliphatic heterocycles. The van der Waals surface area contributed by atoms with Gasteiger partial charge in [-0.15, -0.1) is 0 Å². The molecule has 4 aliphatic rings. The summed E-state index contributed by atoms with van der Waals surface area (Å²) in [5.41, 5.74) is 16.7. The number of rotatable bonds is 41. The number of guanidine groups is 2. The average Bonchev–Trinajstić information content (AvgIpc) is 1.04. The fraction of sp³-hybridized carbons (Fsp3) is 0.687. The molecule has 0 bridgehead atoms. The molecule has 0 unspecified atom stereocenters. The van der Waals surface area contributed by atoms with Gasteiger partial charge in [0.05, 0.1) is 32.7 Å². The van der Waals surface area contributed by atoms with Crippen LogP contribution in [0.2, 0.25) is 0 Å². The van der Waals surface area contributed by atoms with E-state index in [-0.39, 0.29) is 146 Å². The van der Waals surface area contributed by atoms with Crippen molar-refractivity contribution in [1.82, 2.24) is 66.6 Å². The number of carboxylic acid groups (broad SMARTS) is 5. The van der Waals surface area contributed by atoms with Crippen LogP contribution in [0.15, 0.2) is 29.3 Å². The molecule has 1 aromatic rings. The fourth-order valence-corrected chi connectivity index (χ4v) is 13.5. The second kappa shape index (κ2) is 41.1. The van der Waals surface area contributed by atoms with E-state index in [1.807, 2.05) is 0 Å². The number of carboxylic acids is 5.